The third kappa shape index (κ3) is 5.08. The van der Waals surface area contributed by atoms with Gasteiger partial charge in [-0.3, -0.25) is 4.79 Å². The van der Waals surface area contributed by atoms with Crippen molar-refractivity contribution in [2.24, 2.45) is 0 Å². The number of benzene rings is 2. The van der Waals surface area contributed by atoms with Crippen LogP contribution in [0.1, 0.15) is 37.8 Å². The molecule has 0 saturated heterocycles. The molecule has 0 aromatic heterocycles. The van der Waals surface area contributed by atoms with E-state index < -0.39 is 0 Å². The van der Waals surface area contributed by atoms with Gasteiger partial charge in [0.05, 0.1) is 6.61 Å². The molecule has 1 N–H and O–H groups in total. The van der Waals surface area contributed by atoms with Crippen LogP contribution in [0.4, 0.5) is 10.1 Å². The predicted octanol–water partition coefficient (Wildman–Crippen LogP) is 4.75. The summed E-state index contributed by atoms with van der Waals surface area (Å²) >= 11 is 0. The van der Waals surface area contributed by atoms with Gasteiger partial charge in [0.1, 0.15) is 11.6 Å². The summed E-state index contributed by atoms with van der Waals surface area (Å²) in [6, 6.07) is 12.0. The maximum Gasteiger partial charge on any atom is 0.224 e. The van der Waals surface area contributed by atoms with E-state index in [-0.39, 0.29) is 11.7 Å². The third-order valence-corrected chi connectivity index (χ3v) is 3.89. The number of nitrogens with one attached hydrogen (secondary N) is 1. The molecule has 24 heavy (non-hydrogen) atoms. The van der Waals surface area contributed by atoms with Gasteiger partial charge in [0.2, 0.25) is 5.91 Å². The molecule has 0 saturated carbocycles. The van der Waals surface area contributed by atoms with E-state index in [0.717, 1.165) is 29.7 Å². The second kappa shape index (κ2) is 9.06. The number of amides is 1. The third-order valence-electron chi connectivity index (χ3n) is 3.89. The Kier molecular flexibility index (Phi) is 6.79. The molecule has 0 atom stereocenters. The summed E-state index contributed by atoms with van der Waals surface area (Å²) in [6.07, 6.45) is 2.77. The molecule has 1 amide bonds. The number of carbonyl (C=O) groups is 1. The fraction of sp³-hybridized carbons (Fsp3) is 0.350. The first kappa shape index (κ1) is 18.0. The van der Waals surface area contributed by atoms with Crippen LogP contribution in [-0.2, 0) is 17.6 Å². The van der Waals surface area contributed by atoms with E-state index in [9.17, 15) is 9.18 Å². The van der Waals surface area contributed by atoms with Gasteiger partial charge in [0.15, 0.2) is 0 Å². The van der Waals surface area contributed by atoms with E-state index in [1.165, 1.54) is 12.1 Å². The molecule has 4 heteroatoms. The summed E-state index contributed by atoms with van der Waals surface area (Å²) in [6.45, 7) is 4.59. The van der Waals surface area contributed by atoms with Gasteiger partial charge < -0.3 is 10.1 Å². The minimum atomic E-state index is -0.289. The van der Waals surface area contributed by atoms with Crippen molar-refractivity contribution in [1.29, 1.82) is 0 Å². The van der Waals surface area contributed by atoms with Gasteiger partial charge in [0.25, 0.3) is 0 Å². The minimum Gasteiger partial charge on any atom is -0.494 e. The molecule has 128 valence electrons. The molecule has 0 aliphatic carbocycles. The van der Waals surface area contributed by atoms with Crippen LogP contribution >= 0.6 is 0 Å². The normalized spacial score (nSPS) is 10.5. The first-order valence-electron chi connectivity index (χ1n) is 8.43. The maximum absolute atomic E-state index is 12.8. The van der Waals surface area contributed by atoms with Crippen molar-refractivity contribution in [2.75, 3.05) is 11.9 Å². The van der Waals surface area contributed by atoms with Gasteiger partial charge in [-0.15, -0.1) is 0 Å². The predicted molar refractivity (Wildman–Crippen MR) is 95.0 cm³/mol. The molecule has 2 rings (SSSR count). The molecule has 0 spiro atoms. The minimum absolute atomic E-state index is 0.00620. The molecule has 2 aromatic rings. The van der Waals surface area contributed by atoms with Gasteiger partial charge >= 0.3 is 0 Å². The fourth-order valence-electron chi connectivity index (χ4n) is 2.56. The molecular formula is C20H24FNO2. The van der Waals surface area contributed by atoms with E-state index in [4.69, 9.17) is 4.74 Å². The highest BCUT2D eigenvalue weighted by Crippen LogP contribution is 2.23. The summed E-state index contributed by atoms with van der Waals surface area (Å²) < 4.78 is 18.3. The number of halogens is 1. The highest BCUT2D eigenvalue weighted by molar-refractivity contribution is 5.92. The van der Waals surface area contributed by atoms with Crippen LogP contribution in [0.3, 0.4) is 0 Å². The molecule has 0 aliphatic rings. The molecular weight excluding hydrogens is 305 g/mol. The first-order chi connectivity index (χ1) is 11.6. The van der Waals surface area contributed by atoms with E-state index in [2.05, 4.69) is 19.2 Å². The number of ether oxygens (including phenoxy) is 1. The molecule has 0 fully saturated rings. The number of anilines is 1. The molecule has 0 aliphatic heterocycles. The lowest BCUT2D eigenvalue weighted by Gasteiger charge is -2.14. The number of rotatable bonds is 8. The number of aryl methyl sites for hydroxylation is 2. The average molecular weight is 329 g/mol. The highest BCUT2D eigenvalue weighted by atomic mass is 19.1. The van der Waals surface area contributed by atoms with Crippen LogP contribution in [0.25, 0.3) is 0 Å². The molecule has 0 radical (unpaired) electrons. The number of hydrogen-bond acceptors (Lipinski definition) is 2. The summed E-state index contributed by atoms with van der Waals surface area (Å²) in [5, 5.41) is 3.04. The van der Waals surface area contributed by atoms with Crippen molar-refractivity contribution in [1.82, 2.24) is 0 Å². The quantitative estimate of drug-likeness (QED) is 0.710. The van der Waals surface area contributed by atoms with Crippen molar-refractivity contribution in [3.05, 3.63) is 59.4 Å². The highest BCUT2D eigenvalue weighted by Gasteiger charge is 2.10. The van der Waals surface area contributed by atoms with Crippen LogP contribution in [0.15, 0.2) is 42.5 Å². The Hall–Kier alpha value is -2.36. The summed E-state index contributed by atoms with van der Waals surface area (Å²) in [4.78, 5) is 12.2. The Morgan fingerprint density at radius 2 is 1.67 bits per heavy atom. The Bertz CT molecular complexity index is 646. The number of carbonyl (C=O) groups excluding carboxylic acids is 1. The second-order valence-electron chi connectivity index (χ2n) is 5.61. The van der Waals surface area contributed by atoms with Gasteiger partial charge in [-0.1, -0.05) is 32.0 Å². The van der Waals surface area contributed by atoms with Crippen LogP contribution in [-0.4, -0.2) is 12.5 Å². The largest absolute Gasteiger partial charge is 0.494 e. The second-order valence-corrected chi connectivity index (χ2v) is 5.61. The zero-order valence-electron chi connectivity index (χ0n) is 14.3. The van der Waals surface area contributed by atoms with Gasteiger partial charge in [-0.05, 0) is 54.7 Å². The Morgan fingerprint density at radius 3 is 2.25 bits per heavy atom. The average Bonchev–Trinajstić information content (AvgIpc) is 2.60. The van der Waals surface area contributed by atoms with Crippen molar-refractivity contribution >= 4 is 11.6 Å². The lowest BCUT2D eigenvalue weighted by atomic mass is 10.0. The van der Waals surface area contributed by atoms with Crippen molar-refractivity contribution < 1.29 is 13.9 Å². The van der Waals surface area contributed by atoms with E-state index >= 15 is 0 Å². The Morgan fingerprint density at radius 1 is 1.04 bits per heavy atom. The lowest BCUT2D eigenvalue weighted by Crippen LogP contribution is -2.15. The van der Waals surface area contributed by atoms with Crippen LogP contribution < -0.4 is 10.1 Å². The zero-order chi connectivity index (χ0) is 17.4. The van der Waals surface area contributed by atoms with E-state index in [0.29, 0.717) is 25.2 Å². The molecule has 2 aromatic carbocycles. The van der Waals surface area contributed by atoms with Gasteiger partial charge in [-0.2, -0.15) is 0 Å². The zero-order valence-corrected chi connectivity index (χ0v) is 14.3. The molecule has 0 heterocycles. The van der Waals surface area contributed by atoms with Gasteiger partial charge in [0, 0.05) is 12.1 Å². The van der Waals surface area contributed by atoms with E-state index in [1.807, 2.05) is 18.2 Å². The smallest absolute Gasteiger partial charge is 0.224 e. The summed E-state index contributed by atoms with van der Waals surface area (Å²) in [5.41, 5.74) is 3.27. The van der Waals surface area contributed by atoms with Crippen LogP contribution in [0.2, 0.25) is 0 Å². The van der Waals surface area contributed by atoms with Crippen molar-refractivity contribution in [3.8, 4) is 5.75 Å². The van der Waals surface area contributed by atoms with E-state index in [1.54, 1.807) is 12.1 Å². The monoisotopic (exact) mass is 329 g/mol. The van der Waals surface area contributed by atoms with Crippen LogP contribution in [0.5, 0.6) is 5.75 Å². The lowest BCUT2D eigenvalue weighted by molar-refractivity contribution is -0.116. The van der Waals surface area contributed by atoms with Gasteiger partial charge in [-0.25, -0.2) is 4.39 Å². The fourth-order valence-corrected chi connectivity index (χ4v) is 2.56. The summed E-state index contributed by atoms with van der Waals surface area (Å²) in [5.74, 6) is 0.317. The van der Waals surface area contributed by atoms with Crippen molar-refractivity contribution in [3.63, 3.8) is 0 Å². The topological polar surface area (TPSA) is 38.3 Å². The first-order valence-corrected chi connectivity index (χ1v) is 8.43. The standard InChI is InChI=1S/C20H24FNO2/c1-3-15-7-5-8-16(4-2)20(15)22-19(23)9-6-14-24-18-12-10-17(21)11-13-18/h5,7-8,10-13H,3-4,6,9,14H2,1-2H3,(H,22,23). The number of hydrogen-bond donors (Lipinski definition) is 1. The SMILES string of the molecule is CCc1cccc(CC)c1NC(=O)CCCOc1ccc(F)cc1. The van der Waals surface area contributed by atoms with Crippen LogP contribution in [0, 0.1) is 5.82 Å². The molecule has 0 unspecified atom stereocenters. The van der Waals surface area contributed by atoms with Crippen molar-refractivity contribution in [2.45, 2.75) is 39.5 Å². The number of para-hydroxylation sites is 1. The maximum atomic E-state index is 12.8. The molecule has 0 bridgehead atoms. The molecule has 3 nitrogen and oxygen atoms in total. The Labute approximate surface area is 142 Å². The Balaban J connectivity index is 1.82. The summed E-state index contributed by atoms with van der Waals surface area (Å²) in [7, 11) is 0.